The van der Waals surface area contributed by atoms with E-state index >= 15 is 0 Å². The van der Waals surface area contributed by atoms with Crippen LogP contribution < -0.4 is 11.1 Å². The summed E-state index contributed by atoms with van der Waals surface area (Å²) in [5.41, 5.74) is 10.4. The molecular weight excluding hydrogens is 236 g/mol. The molecule has 0 aliphatic heterocycles. The van der Waals surface area contributed by atoms with Gasteiger partial charge in [0.05, 0.1) is 12.5 Å². The molecule has 0 fully saturated rings. The van der Waals surface area contributed by atoms with Gasteiger partial charge in [-0.15, -0.1) is 0 Å². The zero-order valence-electron chi connectivity index (χ0n) is 10.9. The number of nitrogen functional groups attached to an aromatic ring is 1. The van der Waals surface area contributed by atoms with E-state index in [0.29, 0.717) is 18.7 Å². The highest BCUT2D eigenvalue weighted by Gasteiger charge is 2.01. The molecule has 1 aromatic heterocycles. The lowest BCUT2D eigenvalue weighted by Gasteiger charge is -2.09. The number of nitrogens with zero attached hydrogens (tertiary/aromatic N) is 2. The van der Waals surface area contributed by atoms with E-state index in [0.717, 1.165) is 22.5 Å². The van der Waals surface area contributed by atoms with Crippen molar-refractivity contribution >= 4 is 11.4 Å². The number of nitrogens with two attached hydrogens (primary N) is 1. The van der Waals surface area contributed by atoms with Gasteiger partial charge in [0.2, 0.25) is 0 Å². The third kappa shape index (κ3) is 3.46. The maximum absolute atomic E-state index is 8.73. The zero-order valence-corrected chi connectivity index (χ0v) is 10.9. The molecular formula is C15H16N4. The van der Waals surface area contributed by atoms with Gasteiger partial charge in [0, 0.05) is 29.8 Å². The molecule has 0 unspecified atom stereocenters. The lowest BCUT2D eigenvalue weighted by molar-refractivity contribution is 1.08. The topological polar surface area (TPSA) is 74.7 Å². The molecule has 1 heterocycles. The summed E-state index contributed by atoms with van der Waals surface area (Å²) in [7, 11) is 0. The van der Waals surface area contributed by atoms with Gasteiger partial charge in [0.25, 0.3) is 0 Å². The van der Waals surface area contributed by atoms with Crippen LogP contribution in [0.2, 0.25) is 0 Å². The monoisotopic (exact) mass is 252 g/mol. The molecule has 2 rings (SSSR count). The number of anilines is 2. The summed E-state index contributed by atoms with van der Waals surface area (Å²) < 4.78 is 0. The fourth-order valence-corrected chi connectivity index (χ4v) is 1.76. The van der Waals surface area contributed by atoms with Gasteiger partial charge in [-0.05, 0) is 42.3 Å². The highest BCUT2D eigenvalue weighted by molar-refractivity contribution is 5.58. The number of benzene rings is 1. The normalized spacial score (nSPS) is 9.89. The number of rotatable bonds is 4. The van der Waals surface area contributed by atoms with Crippen LogP contribution in [0.15, 0.2) is 36.5 Å². The fourth-order valence-electron chi connectivity index (χ4n) is 1.76. The number of aryl methyl sites for hydroxylation is 1. The predicted octanol–water partition coefficient (Wildman–Crippen LogP) is 2.65. The molecule has 0 saturated carbocycles. The first kappa shape index (κ1) is 12.9. The molecule has 19 heavy (non-hydrogen) atoms. The molecule has 0 radical (unpaired) electrons. The minimum atomic E-state index is 0.327. The number of hydrogen-bond acceptors (Lipinski definition) is 4. The summed E-state index contributed by atoms with van der Waals surface area (Å²) >= 11 is 0. The molecule has 1 aromatic carbocycles. The van der Waals surface area contributed by atoms with Gasteiger partial charge >= 0.3 is 0 Å². The summed E-state index contributed by atoms with van der Waals surface area (Å²) in [6, 6.07) is 11.8. The highest BCUT2D eigenvalue weighted by Crippen LogP contribution is 2.18. The van der Waals surface area contributed by atoms with Crippen LogP contribution in [0.25, 0.3) is 0 Å². The average molecular weight is 252 g/mol. The number of hydrogen-bond donors (Lipinski definition) is 2. The molecule has 0 aliphatic rings. The van der Waals surface area contributed by atoms with E-state index < -0.39 is 0 Å². The van der Waals surface area contributed by atoms with Crippen molar-refractivity contribution in [1.29, 1.82) is 5.26 Å². The van der Waals surface area contributed by atoms with E-state index in [1.54, 1.807) is 0 Å². The third-order valence-corrected chi connectivity index (χ3v) is 2.88. The van der Waals surface area contributed by atoms with Gasteiger partial charge in [-0.25, -0.2) is 0 Å². The second kappa shape index (κ2) is 5.87. The molecule has 0 atom stereocenters. The van der Waals surface area contributed by atoms with E-state index in [9.17, 15) is 0 Å². The number of nitrogens with one attached hydrogen (secondary N) is 1. The Hall–Kier alpha value is -2.54. The maximum atomic E-state index is 8.73. The first-order chi connectivity index (χ1) is 9.19. The van der Waals surface area contributed by atoms with E-state index in [2.05, 4.69) is 16.4 Å². The van der Waals surface area contributed by atoms with Crippen molar-refractivity contribution in [2.45, 2.75) is 19.9 Å². The van der Waals surface area contributed by atoms with Crippen molar-refractivity contribution in [1.82, 2.24) is 4.98 Å². The standard InChI is InChI=1S/C15H16N4/c1-11-2-3-12(9-18-11)10-19-14-4-5-15(17)13(8-14)6-7-16/h2-5,8-9,19H,6,10,17H2,1H3. The van der Waals surface area contributed by atoms with Crippen LogP contribution in [0.1, 0.15) is 16.8 Å². The SMILES string of the molecule is Cc1ccc(CNc2ccc(N)c(CC#N)c2)cn1. The Labute approximate surface area is 112 Å². The van der Waals surface area contributed by atoms with E-state index in [4.69, 9.17) is 11.0 Å². The lowest BCUT2D eigenvalue weighted by Crippen LogP contribution is -2.02. The first-order valence-electron chi connectivity index (χ1n) is 6.10. The largest absolute Gasteiger partial charge is 0.398 e. The van der Waals surface area contributed by atoms with Gasteiger partial charge in [0.15, 0.2) is 0 Å². The molecule has 0 amide bonds. The molecule has 0 aliphatic carbocycles. The summed E-state index contributed by atoms with van der Waals surface area (Å²) in [6.07, 6.45) is 2.18. The zero-order chi connectivity index (χ0) is 13.7. The molecule has 4 nitrogen and oxygen atoms in total. The number of nitriles is 1. The summed E-state index contributed by atoms with van der Waals surface area (Å²) in [5, 5.41) is 12.0. The van der Waals surface area contributed by atoms with E-state index in [-0.39, 0.29) is 0 Å². The minimum Gasteiger partial charge on any atom is -0.398 e. The van der Waals surface area contributed by atoms with Crippen molar-refractivity contribution in [3.63, 3.8) is 0 Å². The van der Waals surface area contributed by atoms with Crippen LogP contribution in [-0.4, -0.2) is 4.98 Å². The van der Waals surface area contributed by atoms with Crippen LogP contribution >= 0.6 is 0 Å². The Balaban J connectivity index is 2.05. The van der Waals surface area contributed by atoms with Gasteiger partial charge in [-0.3, -0.25) is 4.98 Å². The van der Waals surface area contributed by atoms with Gasteiger partial charge in [-0.1, -0.05) is 6.07 Å². The second-order valence-electron chi connectivity index (χ2n) is 4.41. The van der Waals surface area contributed by atoms with Crippen molar-refractivity contribution < 1.29 is 0 Å². The Morgan fingerprint density at radius 2 is 2.16 bits per heavy atom. The Bertz CT molecular complexity index is 597. The average Bonchev–Trinajstić information content (AvgIpc) is 2.42. The summed E-state index contributed by atoms with van der Waals surface area (Å²) in [6.45, 7) is 2.66. The summed E-state index contributed by atoms with van der Waals surface area (Å²) in [4.78, 5) is 4.25. The molecule has 0 spiro atoms. The van der Waals surface area contributed by atoms with E-state index in [1.165, 1.54) is 0 Å². The maximum Gasteiger partial charge on any atom is 0.0670 e. The fraction of sp³-hybridized carbons (Fsp3) is 0.200. The molecule has 0 bridgehead atoms. The van der Waals surface area contributed by atoms with Crippen molar-refractivity contribution in [2.75, 3.05) is 11.1 Å². The van der Waals surface area contributed by atoms with Crippen LogP contribution in [0, 0.1) is 18.3 Å². The minimum absolute atomic E-state index is 0.327. The molecule has 2 aromatic rings. The second-order valence-corrected chi connectivity index (χ2v) is 4.41. The first-order valence-corrected chi connectivity index (χ1v) is 6.10. The molecule has 4 heteroatoms. The van der Waals surface area contributed by atoms with Gasteiger partial charge in [-0.2, -0.15) is 5.26 Å². The Morgan fingerprint density at radius 3 is 2.84 bits per heavy atom. The van der Waals surface area contributed by atoms with E-state index in [1.807, 2.05) is 43.5 Å². The number of pyridine rings is 1. The summed E-state index contributed by atoms with van der Waals surface area (Å²) in [5.74, 6) is 0. The van der Waals surface area contributed by atoms with Crippen molar-refractivity contribution in [2.24, 2.45) is 0 Å². The quantitative estimate of drug-likeness (QED) is 0.820. The number of aromatic nitrogens is 1. The van der Waals surface area contributed by atoms with Crippen LogP contribution in [0.3, 0.4) is 0 Å². The van der Waals surface area contributed by atoms with Crippen LogP contribution in [0.5, 0.6) is 0 Å². The smallest absolute Gasteiger partial charge is 0.0670 e. The van der Waals surface area contributed by atoms with Crippen LogP contribution in [0.4, 0.5) is 11.4 Å². The molecule has 3 N–H and O–H groups in total. The lowest BCUT2D eigenvalue weighted by atomic mass is 10.1. The van der Waals surface area contributed by atoms with Crippen molar-refractivity contribution in [3.8, 4) is 6.07 Å². The Kier molecular flexibility index (Phi) is 3.99. The van der Waals surface area contributed by atoms with Crippen LogP contribution in [-0.2, 0) is 13.0 Å². The predicted molar refractivity (Wildman–Crippen MR) is 76.5 cm³/mol. The Morgan fingerprint density at radius 1 is 1.32 bits per heavy atom. The van der Waals surface area contributed by atoms with Crippen molar-refractivity contribution in [3.05, 3.63) is 53.3 Å². The molecule has 96 valence electrons. The highest BCUT2D eigenvalue weighted by atomic mass is 14.9. The molecule has 0 saturated heterocycles. The van der Waals surface area contributed by atoms with Gasteiger partial charge < -0.3 is 11.1 Å². The third-order valence-electron chi connectivity index (χ3n) is 2.88. The van der Waals surface area contributed by atoms with Gasteiger partial charge in [0.1, 0.15) is 0 Å².